The summed E-state index contributed by atoms with van der Waals surface area (Å²) in [6.07, 6.45) is 0. The molecule has 3 aromatic rings. The highest BCUT2D eigenvalue weighted by molar-refractivity contribution is 5.83. The van der Waals surface area contributed by atoms with Crippen LogP contribution in [0.4, 0.5) is 4.39 Å². The van der Waals surface area contributed by atoms with Gasteiger partial charge in [0.05, 0.1) is 5.39 Å². The molecule has 0 aliphatic carbocycles. The third-order valence-electron chi connectivity index (χ3n) is 5.77. The summed E-state index contributed by atoms with van der Waals surface area (Å²) in [4.78, 5) is 0. The standard InChI is InChI=1S/C25H31FN/c1-14(2)20-13-23-19(24(15(3)4)25(20)26)9-10-22(27(23)8)21-12-16(5)11-17(6)18(21)7/h9-15H,1-8H3/q+1. The average molecular weight is 365 g/mol. The molecule has 0 fully saturated rings. The minimum Gasteiger partial charge on any atom is -0.206 e. The first kappa shape index (κ1) is 19.5. The largest absolute Gasteiger partial charge is 0.213 e. The first-order valence-corrected chi connectivity index (χ1v) is 9.86. The maximum Gasteiger partial charge on any atom is 0.213 e. The van der Waals surface area contributed by atoms with Crippen LogP contribution in [-0.2, 0) is 7.05 Å². The summed E-state index contributed by atoms with van der Waals surface area (Å²) < 4.78 is 17.4. The Morgan fingerprint density at radius 1 is 0.889 bits per heavy atom. The quantitative estimate of drug-likeness (QED) is 0.459. The van der Waals surface area contributed by atoms with Gasteiger partial charge in [-0.05, 0) is 61.4 Å². The van der Waals surface area contributed by atoms with Crippen molar-refractivity contribution >= 4 is 10.9 Å². The predicted molar refractivity (Wildman–Crippen MR) is 113 cm³/mol. The number of nitrogens with zero attached hydrogens (tertiary/aromatic N) is 1. The maximum absolute atomic E-state index is 15.2. The third kappa shape index (κ3) is 3.26. The molecule has 2 heteroatoms. The lowest BCUT2D eigenvalue weighted by Gasteiger charge is -2.17. The van der Waals surface area contributed by atoms with E-state index in [0.717, 1.165) is 22.0 Å². The van der Waals surface area contributed by atoms with E-state index in [1.54, 1.807) is 0 Å². The number of fused-ring (bicyclic) bond motifs is 1. The second-order valence-electron chi connectivity index (χ2n) is 8.47. The minimum absolute atomic E-state index is 0.0390. The highest BCUT2D eigenvalue weighted by Crippen LogP contribution is 2.34. The number of rotatable bonds is 3. The van der Waals surface area contributed by atoms with E-state index in [1.165, 1.54) is 27.9 Å². The van der Waals surface area contributed by atoms with Gasteiger partial charge in [-0.15, -0.1) is 0 Å². The van der Waals surface area contributed by atoms with Crippen LogP contribution in [0, 0.1) is 26.6 Å². The van der Waals surface area contributed by atoms with Gasteiger partial charge in [-0.3, -0.25) is 0 Å². The summed E-state index contributed by atoms with van der Waals surface area (Å²) in [6, 6.07) is 10.8. The topological polar surface area (TPSA) is 3.88 Å². The number of pyridine rings is 1. The molecule has 0 aliphatic rings. The zero-order valence-corrected chi connectivity index (χ0v) is 17.9. The Labute approximate surface area is 162 Å². The molecule has 0 unspecified atom stereocenters. The van der Waals surface area contributed by atoms with E-state index in [9.17, 15) is 0 Å². The zero-order valence-electron chi connectivity index (χ0n) is 17.9. The molecule has 1 aromatic heterocycles. The van der Waals surface area contributed by atoms with Crippen molar-refractivity contribution in [1.29, 1.82) is 0 Å². The van der Waals surface area contributed by atoms with Gasteiger partial charge in [0.2, 0.25) is 11.2 Å². The van der Waals surface area contributed by atoms with E-state index in [1.807, 2.05) is 6.07 Å². The molecule has 0 N–H and O–H groups in total. The number of halogens is 1. The Morgan fingerprint density at radius 2 is 1.56 bits per heavy atom. The molecule has 27 heavy (non-hydrogen) atoms. The number of hydrogen-bond acceptors (Lipinski definition) is 0. The molecule has 2 aromatic carbocycles. The lowest BCUT2D eigenvalue weighted by molar-refractivity contribution is -0.633. The second-order valence-corrected chi connectivity index (χ2v) is 8.47. The summed E-state index contributed by atoms with van der Waals surface area (Å²) in [5.41, 5.74) is 9.01. The fraction of sp³-hybridized carbons (Fsp3) is 0.400. The molecule has 1 nitrogen and oxygen atoms in total. The van der Waals surface area contributed by atoms with Gasteiger partial charge in [-0.2, -0.15) is 4.57 Å². The molecule has 0 spiro atoms. The summed E-state index contributed by atoms with van der Waals surface area (Å²) >= 11 is 0. The molecule has 0 radical (unpaired) electrons. The summed E-state index contributed by atoms with van der Waals surface area (Å²) in [5.74, 6) is 0.251. The van der Waals surface area contributed by atoms with Gasteiger partial charge in [0.1, 0.15) is 12.9 Å². The van der Waals surface area contributed by atoms with Crippen molar-refractivity contribution in [3.8, 4) is 11.3 Å². The molecule has 0 atom stereocenters. The summed E-state index contributed by atoms with van der Waals surface area (Å²) in [6.45, 7) is 14.8. The van der Waals surface area contributed by atoms with Crippen molar-refractivity contribution in [3.05, 3.63) is 64.0 Å². The first-order valence-electron chi connectivity index (χ1n) is 9.86. The van der Waals surface area contributed by atoms with Crippen molar-refractivity contribution in [3.63, 3.8) is 0 Å². The van der Waals surface area contributed by atoms with Crippen LogP contribution in [0.2, 0.25) is 0 Å². The Bertz CT molecular complexity index is 1030. The van der Waals surface area contributed by atoms with Crippen LogP contribution in [-0.4, -0.2) is 0 Å². The highest BCUT2D eigenvalue weighted by atomic mass is 19.1. The normalized spacial score (nSPS) is 11.8. The van der Waals surface area contributed by atoms with E-state index in [2.05, 4.69) is 84.3 Å². The SMILES string of the molecule is Cc1cc(C)c(C)c(-c2ccc3c(C(C)C)c(F)c(C(C)C)cc3[n+]2C)c1. The number of hydrogen-bond donors (Lipinski definition) is 0. The fourth-order valence-corrected chi connectivity index (χ4v) is 4.12. The third-order valence-corrected chi connectivity index (χ3v) is 5.77. The number of benzene rings is 2. The molecule has 0 bridgehead atoms. The van der Waals surface area contributed by atoms with Crippen molar-refractivity contribution in [2.75, 3.05) is 0 Å². The van der Waals surface area contributed by atoms with E-state index >= 15 is 4.39 Å². The molecule has 142 valence electrons. The average Bonchev–Trinajstić information content (AvgIpc) is 2.57. The van der Waals surface area contributed by atoms with Gasteiger partial charge in [-0.1, -0.05) is 39.3 Å². The van der Waals surface area contributed by atoms with Gasteiger partial charge in [-0.25, -0.2) is 4.39 Å². The van der Waals surface area contributed by atoms with Crippen LogP contribution in [0.3, 0.4) is 0 Å². The molecular weight excluding hydrogens is 333 g/mol. The maximum atomic E-state index is 15.2. The molecule has 0 saturated carbocycles. The smallest absolute Gasteiger partial charge is 0.206 e. The summed E-state index contributed by atoms with van der Waals surface area (Å²) in [7, 11) is 2.10. The van der Waals surface area contributed by atoms with Crippen LogP contribution in [0.25, 0.3) is 22.2 Å². The molecule has 1 heterocycles. The Morgan fingerprint density at radius 3 is 2.15 bits per heavy atom. The highest BCUT2D eigenvalue weighted by Gasteiger charge is 2.24. The molecular formula is C25H31FN+. The van der Waals surface area contributed by atoms with E-state index in [4.69, 9.17) is 0 Å². The van der Waals surface area contributed by atoms with Crippen molar-refractivity contribution in [1.82, 2.24) is 0 Å². The van der Waals surface area contributed by atoms with Crippen molar-refractivity contribution < 1.29 is 8.96 Å². The molecule has 0 saturated heterocycles. The Balaban J connectivity index is 2.41. The Kier molecular flexibility index (Phi) is 5.12. The van der Waals surface area contributed by atoms with Gasteiger partial charge in [0.15, 0.2) is 0 Å². The Hall–Kier alpha value is -2.22. The van der Waals surface area contributed by atoms with E-state index < -0.39 is 0 Å². The summed E-state index contributed by atoms with van der Waals surface area (Å²) in [5, 5.41) is 1.01. The first-order chi connectivity index (χ1) is 12.6. The van der Waals surface area contributed by atoms with Gasteiger partial charge in [0.25, 0.3) is 0 Å². The monoisotopic (exact) mass is 364 g/mol. The van der Waals surface area contributed by atoms with Crippen LogP contribution < -0.4 is 4.57 Å². The molecule has 0 aliphatic heterocycles. The lowest BCUT2D eigenvalue weighted by atomic mass is 9.90. The van der Waals surface area contributed by atoms with Gasteiger partial charge in [0, 0.05) is 23.3 Å². The van der Waals surface area contributed by atoms with Crippen LogP contribution in [0.15, 0.2) is 30.3 Å². The molecule has 3 rings (SSSR count). The van der Waals surface area contributed by atoms with Gasteiger partial charge >= 0.3 is 0 Å². The fourth-order valence-electron chi connectivity index (χ4n) is 4.12. The number of aromatic nitrogens is 1. The zero-order chi connectivity index (χ0) is 20.0. The van der Waals surface area contributed by atoms with Crippen molar-refractivity contribution in [2.24, 2.45) is 7.05 Å². The van der Waals surface area contributed by atoms with Gasteiger partial charge < -0.3 is 0 Å². The van der Waals surface area contributed by atoms with Crippen LogP contribution in [0.5, 0.6) is 0 Å². The second kappa shape index (κ2) is 7.07. The molecule has 0 amide bonds. The lowest BCUT2D eigenvalue weighted by Crippen LogP contribution is -2.33. The minimum atomic E-state index is -0.0390. The van der Waals surface area contributed by atoms with Crippen LogP contribution in [0.1, 0.15) is 67.3 Å². The predicted octanol–water partition coefficient (Wildman–Crippen LogP) is 6.64. The van der Waals surface area contributed by atoms with E-state index in [-0.39, 0.29) is 17.7 Å². The van der Waals surface area contributed by atoms with Crippen LogP contribution >= 0.6 is 0 Å². The number of aryl methyl sites for hydroxylation is 3. The van der Waals surface area contributed by atoms with Crippen molar-refractivity contribution in [2.45, 2.75) is 60.3 Å². The van der Waals surface area contributed by atoms with E-state index in [0.29, 0.717) is 0 Å².